The van der Waals surface area contributed by atoms with Crippen LogP contribution in [0, 0.1) is 0 Å². The highest BCUT2D eigenvalue weighted by Crippen LogP contribution is 2.16. The molecule has 118 valence electrons. The van der Waals surface area contributed by atoms with E-state index in [1.165, 1.54) is 32.4 Å². The van der Waals surface area contributed by atoms with E-state index in [-0.39, 0.29) is 0 Å². The average Bonchev–Trinajstić information content (AvgIpc) is 2.53. The van der Waals surface area contributed by atoms with Gasteiger partial charge in [-0.25, -0.2) is 0 Å². The molecule has 0 saturated carbocycles. The van der Waals surface area contributed by atoms with E-state index in [2.05, 4.69) is 17.1 Å². The lowest BCUT2D eigenvalue weighted by Crippen LogP contribution is -2.42. The first kappa shape index (κ1) is 16.1. The van der Waals surface area contributed by atoms with E-state index >= 15 is 0 Å². The summed E-state index contributed by atoms with van der Waals surface area (Å²) >= 11 is 0. The number of hydrogen-bond acceptors (Lipinski definition) is 4. The van der Waals surface area contributed by atoms with Crippen LogP contribution in [0.5, 0.6) is 11.5 Å². The van der Waals surface area contributed by atoms with Gasteiger partial charge in [-0.2, -0.15) is 0 Å². The van der Waals surface area contributed by atoms with E-state index in [1.54, 1.807) is 7.11 Å². The summed E-state index contributed by atoms with van der Waals surface area (Å²) in [5.74, 6) is 1.75. The molecular formula is C17H28N2O2. The highest BCUT2D eigenvalue weighted by molar-refractivity contribution is 5.31. The molecule has 21 heavy (non-hydrogen) atoms. The van der Waals surface area contributed by atoms with Crippen molar-refractivity contribution in [2.45, 2.75) is 32.2 Å². The lowest BCUT2D eigenvalue weighted by Gasteiger charge is -2.29. The van der Waals surface area contributed by atoms with Crippen LogP contribution in [0.15, 0.2) is 24.3 Å². The number of nitrogens with zero attached hydrogens (tertiary/aromatic N) is 1. The van der Waals surface area contributed by atoms with Crippen LogP contribution in [0.4, 0.5) is 0 Å². The number of hydrogen-bond donors (Lipinski definition) is 1. The van der Waals surface area contributed by atoms with E-state index in [0.29, 0.717) is 12.6 Å². The SMILES string of the molecule is COc1ccc(OCCNC(C)CN2CCCCC2)cc1. The number of ether oxygens (including phenoxy) is 2. The molecular weight excluding hydrogens is 264 g/mol. The molecule has 0 aliphatic carbocycles. The third-order valence-electron chi connectivity index (χ3n) is 3.90. The Balaban J connectivity index is 1.57. The van der Waals surface area contributed by atoms with Gasteiger partial charge in [0.15, 0.2) is 0 Å². The molecule has 1 unspecified atom stereocenters. The van der Waals surface area contributed by atoms with Crippen molar-refractivity contribution in [1.82, 2.24) is 10.2 Å². The second-order valence-corrected chi connectivity index (χ2v) is 5.74. The molecule has 0 spiro atoms. The van der Waals surface area contributed by atoms with E-state index in [9.17, 15) is 0 Å². The number of rotatable bonds is 8. The normalized spacial score (nSPS) is 17.4. The highest BCUT2D eigenvalue weighted by atomic mass is 16.5. The van der Waals surface area contributed by atoms with Crippen molar-refractivity contribution >= 4 is 0 Å². The Morgan fingerprint density at radius 3 is 2.43 bits per heavy atom. The highest BCUT2D eigenvalue weighted by Gasteiger charge is 2.12. The summed E-state index contributed by atoms with van der Waals surface area (Å²) in [5, 5.41) is 3.53. The van der Waals surface area contributed by atoms with Crippen molar-refractivity contribution < 1.29 is 9.47 Å². The molecule has 0 aromatic heterocycles. The lowest BCUT2D eigenvalue weighted by molar-refractivity contribution is 0.205. The van der Waals surface area contributed by atoms with Gasteiger partial charge in [0.1, 0.15) is 18.1 Å². The Hall–Kier alpha value is -1.26. The summed E-state index contributed by atoms with van der Waals surface area (Å²) in [4.78, 5) is 2.56. The van der Waals surface area contributed by atoms with Gasteiger partial charge < -0.3 is 19.7 Å². The smallest absolute Gasteiger partial charge is 0.119 e. The number of nitrogens with one attached hydrogen (secondary N) is 1. The maximum Gasteiger partial charge on any atom is 0.119 e. The fraction of sp³-hybridized carbons (Fsp3) is 0.647. The molecule has 1 saturated heterocycles. The average molecular weight is 292 g/mol. The van der Waals surface area contributed by atoms with Gasteiger partial charge in [-0.3, -0.25) is 0 Å². The maximum absolute atomic E-state index is 5.71. The van der Waals surface area contributed by atoms with E-state index < -0.39 is 0 Å². The second kappa shape index (κ2) is 8.90. The van der Waals surface area contributed by atoms with Crippen LogP contribution in [-0.4, -0.2) is 50.8 Å². The van der Waals surface area contributed by atoms with Crippen molar-refractivity contribution in [3.8, 4) is 11.5 Å². The quantitative estimate of drug-likeness (QED) is 0.747. The van der Waals surface area contributed by atoms with Crippen molar-refractivity contribution in [3.05, 3.63) is 24.3 Å². The van der Waals surface area contributed by atoms with Crippen LogP contribution in [-0.2, 0) is 0 Å². The fourth-order valence-corrected chi connectivity index (χ4v) is 2.74. The molecule has 1 aliphatic heterocycles. The monoisotopic (exact) mass is 292 g/mol. The molecule has 1 aromatic rings. The summed E-state index contributed by atoms with van der Waals surface area (Å²) in [6.45, 7) is 7.48. The number of likely N-dealkylation sites (tertiary alicyclic amines) is 1. The van der Waals surface area contributed by atoms with Gasteiger partial charge in [-0.1, -0.05) is 6.42 Å². The predicted molar refractivity (Wildman–Crippen MR) is 86.2 cm³/mol. The number of methoxy groups -OCH3 is 1. The molecule has 1 heterocycles. The molecule has 4 heteroatoms. The van der Waals surface area contributed by atoms with Crippen molar-refractivity contribution in [3.63, 3.8) is 0 Å². The first-order valence-electron chi connectivity index (χ1n) is 8.00. The number of piperidine rings is 1. The molecule has 1 fully saturated rings. The Kier molecular flexibility index (Phi) is 6.83. The fourth-order valence-electron chi connectivity index (χ4n) is 2.74. The summed E-state index contributed by atoms with van der Waals surface area (Å²) in [5.41, 5.74) is 0. The molecule has 2 rings (SSSR count). The zero-order valence-electron chi connectivity index (χ0n) is 13.3. The van der Waals surface area contributed by atoms with E-state index in [0.717, 1.165) is 24.6 Å². The first-order chi connectivity index (χ1) is 10.3. The zero-order valence-corrected chi connectivity index (χ0v) is 13.3. The summed E-state index contributed by atoms with van der Waals surface area (Å²) in [6, 6.07) is 8.23. The van der Waals surface area contributed by atoms with Gasteiger partial charge in [-0.05, 0) is 57.1 Å². The molecule has 1 atom stereocenters. The van der Waals surface area contributed by atoms with Gasteiger partial charge in [-0.15, -0.1) is 0 Å². The van der Waals surface area contributed by atoms with Gasteiger partial charge in [0.2, 0.25) is 0 Å². The molecule has 1 aliphatic rings. The van der Waals surface area contributed by atoms with Crippen LogP contribution >= 0.6 is 0 Å². The summed E-state index contributed by atoms with van der Waals surface area (Å²) in [7, 11) is 1.67. The zero-order chi connectivity index (χ0) is 14.9. The van der Waals surface area contributed by atoms with Gasteiger partial charge >= 0.3 is 0 Å². The maximum atomic E-state index is 5.71. The van der Waals surface area contributed by atoms with Crippen LogP contribution in [0.1, 0.15) is 26.2 Å². The van der Waals surface area contributed by atoms with E-state index in [4.69, 9.17) is 9.47 Å². The molecule has 4 nitrogen and oxygen atoms in total. The molecule has 1 aromatic carbocycles. The Morgan fingerprint density at radius 1 is 1.10 bits per heavy atom. The minimum atomic E-state index is 0.516. The van der Waals surface area contributed by atoms with Crippen LogP contribution in [0.25, 0.3) is 0 Å². The van der Waals surface area contributed by atoms with Gasteiger partial charge in [0.05, 0.1) is 7.11 Å². The topological polar surface area (TPSA) is 33.7 Å². The Labute approximate surface area is 128 Å². The van der Waals surface area contributed by atoms with Gasteiger partial charge in [0.25, 0.3) is 0 Å². The van der Waals surface area contributed by atoms with Gasteiger partial charge in [0, 0.05) is 19.1 Å². The molecule has 0 amide bonds. The molecule has 0 bridgehead atoms. The molecule has 1 N–H and O–H groups in total. The first-order valence-corrected chi connectivity index (χ1v) is 8.00. The predicted octanol–water partition coefficient (Wildman–Crippen LogP) is 2.54. The molecule has 0 radical (unpaired) electrons. The lowest BCUT2D eigenvalue weighted by atomic mass is 10.1. The Bertz CT molecular complexity index is 388. The second-order valence-electron chi connectivity index (χ2n) is 5.74. The third kappa shape index (κ3) is 5.94. The van der Waals surface area contributed by atoms with E-state index in [1.807, 2.05) is 24.3 Å². The van der Waals surface area contributed by atoms with Crippen molar-refractivity contribution in [2.24, 2.45) is 0 Å². The van der Waals surface area contributed by atoms with Crippen LogP contribution in [0.3, 0.4) is 0 Å². The Morgan fingerprint density at radius 2 is 1.76 bits per heavy atom. The van der Waals surface area contributed by atoms with Crippen molar-refractivity contribution in [2.75, 3.05) is 39.9 Å². The number of benzene rings is 1. The summed E-state index contributed by atoms with van der Waals surface area (Å²) < 4.78 is 10.8. The van der Waals surface area contributed by atoms with Crippen LogP contribution in [0.2, 0.25) is 0 Å². The summed E-state index contributed by atoms with van der Waals surface area (Å²) in [6.07, 6.45) is 4.11. The standard InChI is InChI=1S/C17H28N2O2/c1-15(14-19-11-4-3-5-12-19)18-10-13-21-17-8-6-16(20-2)7-9-17/h6-9,15,18H,3-5,10-14H2,1-2H3. The van der Waals surface area contributed by atoms with Crippen LogP contribution < -0.4 is 14.8 Å². The largest absolute Gasteiger partial charge is 0.497 e. The van der Waals surface area contributed by atoms with Crippen molar-refractivity contribution in [1.29, 1.82) is 0 Å². The third-order valence-corrected chi connectivity index (χ3v) is 3.90. The minimum absolute atomic E-state index is 0.516. The minimum Gasteiger partial charge on any atom is -0.497 e.